The van der Waals surface area contributed by atoms with Gasteiger partial charge in [-0.05, 0) is 31.4 Å². The maximum atomic E-state index is 12.5. The van der Waals surface area contributed by atoms with Gasteiger partial charge in [0, 0.05) is 5.56 Å². The van der Waals surface area contributed by atoms with Crippen molar-refractivity contribution in [2.75, 3.05) is 18.6 Å². The van der Waals surface area contributed by atoms with Gasteiger partial charge in [0.25, 0.3) is 0 Å². The van der Waals surface area contributed by atoms with Crippen LogP contribution in [0.2, 0.25) is 0 Å². The Morgan fingerprint density at radius 1 is 0.769 bits per heavy atom. The fraction of sp³-hybridized carbons (Fsp3) is 0.250. The first-order valence-electron chi connectivity index (χ1n) is 8.58. The molecule has 1 aliphatic rings. The van der Waals surface area contributed by atoms with E-state index in [1.54, 1.807) is 36.4 Å². The molecule has 26 heavy (non-hydrogen) atoms. The number of hydrogen-bond donors (Lipinski definition) is 1. The van der Waals surface area contributed by atoms with Gasteiger partial charge in [0.2, 0.25) is 0 Å². The third-order valence-electron chi connectivity index (χ3n) is 3.93. The molecule has 0 aliphatic carbocycles. The number of carbonyl (C=O) groups excluding carboxylic acids is 2. The second kappa shape index (κ2) is 8.80. The van der Waals surface area contributed by atoms with Crippen molar-refractivity contribution in [1.29, 1.82) is 0 Å². The Kier molecular flexibility index (Phi) is 5.98. The average Bonchev–Trinajstić information content (AvgIpc) is 2.68. The van der Waals surface area contributed by atoms with Crippen LogP contribution in [-0.2, 0) is 14.3 Å². The molecule has 0 atom stereocenters. The summed E-state index contributed by atoms with van der Waals surface area (Å²) in [6, 6.07) is 16.0. The van der Waals surface area contributed by atoms with Crippen molar-refractivity contribution in [3.63, 3.8) is 0 Å². The van der Waals surface area contributed by atoms with Crippen LogP contribution in [0.25, 0.3) is 0 Å². The summed E-state index contributed by atoms with van der Waals surface area (Å²) in [5, 5.41) is 4.22. The second-order valence-corrected chi connectivity index (χ2v) is 5.82. The van der Waals surface area contributed by atoms with Crippen molar-refractivity contribution in [2.24, 2.45) is 5.10 Å². The summed E-state index contributed by atoms with van der Waals surface area (Å²) in [6.45, 7) is 0.634. The predicted molar refractivity (Wildman–Crippen MR) is 98.1 cm³/mol. The molecule has 0 amide bonds. The molecule has 0 aromatic heterocycles. The molecule has 0 fully saturated rings. The fourth-order valence-electron chi connectivity index (χ4n) is 2.56. The molecule has 0 bridgehead atoms. The van der Waals surface area contributed by atoms with Crippen molar-refractivity contribution in [3.8, 4) is 0 Å². The molecular formula is C20H20N2O4. The molecule has 3 rings (SSSR count). The van der Waals surface area contributed by atoms with Crippen molar-refractivity contribution in [1.82, 2.24) is 0 Å². The normalized spacial score (nSPS) is 18.2. The van der Waals surface area contributed by atoms with Gasteiger partial charge in [-0.2, -0.15) is 5.10 Å². The van der Waals surface area contributed by atoms with Crippen LogP contribution in [0.1, 0.15) is 35.2 Å². The van der Waals surface area contributed by atoms with E-state index < -0.39 is 11.9 Å². The van der Waals surface area contributed by atoms with Crippen LogP contribution in [0.5, 0.6) is 0 Å². The van der Waals surface area contributed by atoms with E-state index in [4.69, 9.17) is 9.47 Å². The summed E-state index contributed by atoms with van der Waals surface area (Å²) >= 11 is 0. The lowest BCUT2D eigenvalue weighted by Gasteiger charge is -2.12. The summed E-state index contributed by atoms with van der Waals surface area (Å²) in [5.41, 5.74) is 4.45. The van der Waals surface area contributed by atoms with Gasteiger partial charge in [0.05, 0.1) is 24.5 Å². The Morgan fingerprint density at radius 3 is 2.19 bits per heavy atom. The van der Waals surface area contributed by atoms with Gasteiger partial charge in [-0.25, -0.2) is 9.59 Å². The zero-order valence-corrected chi connectivity index (χ0v) is 14.3. The zero-order chi connectivity index (χ0) is 18.2. The van der Waals surface area contributed by atoms with Crippen molar-refractivity contribution in [2.45, 2.75) is 19.3 Å². The minimum absolute atomic E-state index is 0.158. The Bertz CT molecular complexity index is 802. The van der Waals surface area contributed by atoms with Crippen LogP contribution in [-0.4, -0.2) is 30.9 Å². The third-order valence-corrected chi connectivity index (χ3v) is 3.93. The molecule has 2 aromatic rings. The summed E-state index contributed by atoms with van der Waals surface area (Å²) in [7, 11) is 0. The number of fused-ring (bicyclic) bond motifs is 1. The van der Waals surface area contributed by atoms with E-state index in [1.807, 2.05) is 18.2 Å². The highest BCUT2D eigenvalue weighted by Gasteiger charge is 2.18. The van der Waals surface area contributed by atoms with Crippen LogP contribution in [0.15, 0.2) is 59.7 Å². The number of para-hydroxylation sites is 1. The summed E-state index contributed by atoms with van der Waals surface area (Å²) < 4.78 is 10.7. The van der Waals surface area contributed by atoms with E-state index >= 15 is 0 Å². The van der Waals surface area contributed by atoms with E-state index in [-0.39, 0.29) is 5.71 Å². The number of cyclic esters (lactones) is 2. The lowest BCUT2D eigenvalue weighted by atomic mass is 10.1. The van der Waals surface area contributed by atoms with Crippen LogP contribution < -0.4 is 5.43 Å². The number of carbonyl (C=O) groups is 2. The fourth-order valence-corrected chi connectivity index (χ4v) is 2.56. The Labute approximate surface area is 151 Å². The molecule has 0 unspecified atom stereocenters. The topological polar surface area (TPSA) is 77.0 Å². The number of nitrogens with zero attached hydrogens (tertiary/aromatic N) is 1. The molecule has 1 aliphatic heterocycles. The molecule has 1 heterocycles. The molecule has 2 aromatic carbocycles. The first-order chi connectivity index (χ1) is 12.8. The number of hydrazone groups is 1. The number of nitrogens with one attached hydrogen (secondary N) is 1. The van der Waals surface area contributed by atoms with Crippen molar-refractivity contribution >= 4 is 23.3 Å². The lowest BCUT2D eigenvalue weighted by Crippen LogP contribution is -2.21. The maximum Gasteiger partial charge on any atom is 0.359 e. The second-order valence-electron chi connectivity index (χ2n) is 5.82. The Balaban J connectivity index is 1.96. The molecule has 0 saturated heterocycles. The molecule has 6 heteroatoms. The smallest absolute Gasteiger partial charge is 0.359 e. The van der Waals surface area contributed by atoms with Gasteiger partial charge in [-0.15, -0.1) is 0 Å². The Hall–Kier alpha value is -3.15. The predicted octanol–water partition coefficient (Wildman–Crippen LogP) is 3.39. The van der Waals surface area contributed by atoms with E-state index in [0.29, 0.717) is 36.4 Å². The molecule has 134 valence electrons. The SMILES string of the molecule is O=C1OCCCCCOC(=O)c2ccccc2N/N=C\1c1ccccc1. The molecule has 0 radical (unpaired) electrons. The van der Waals surface area contributed by atoms with Gasteiger partial charge < -0.3 is 9.47 Å². The molecule has 1 N–H and O–H groups in total. The van der Waals surface area contributed by atoms with Crippen LogP contribution in [0.3, 0.4) is 0 Å². The van der Waals surface area contributed by atoms with Crippen LogP contribution >= 0.6 is 0 Å². The molecule has 0 saturated carbocycles. The number of esters is 2. The Morgan fingerprint density at radius 2 is 1.42 bits per heavy atom. The first-order valence-corrected chi connectivity index (χ1v) is 8.58. The monoisotopic (exact) mass is 352 g/mol. The van der Waals surface area contributed by atoms with E-state index in [1.165, 1.54) is 0 Å². The van der Waals surface area contributed by atoms with Crippen molar-refractivity contribution in [3.05, 3.63) is 65.7 Å². The maximum absolute atomic E-state index is 12.5. The number of ether oxygens (including phenoxy) is 2. The van der Waals surface area contributed by atoms with Gasteiger partial charge >= 0.3 is 11.9 Å². The van der Waals surface area contributed by atoms with Crippen LogP contribution in [0, 0.1) is 0 Å². The largest absolute Gasteiger partial charge is 0.462 e. The van der Waals surface area contributed by atoms with Crippen LogP contribution in [0.4, 0.5) is 5.69 Å². The summed E-state index contributed by atoms with van der Waals surface area (Å²) in [6.07, 6.45) is 2.23. The van der Waals surface area contributed by atoms with E-state index in [9.17, 15) is 9.59 Å². The number of benzene rings is 2. The van der Waals surface area contributed by atoms with E-state index in [2.05, 4.69) is 10.5 Å². The first kappa shape index (κ1) is 17.7. The van der Waals surface area contributed by atoms with Gasteiger partial charge in [0.1, 0.15) is 0 Å². The molecular weight excluding hydrogens is 332 g/mol. The highest BCUT2D eigenvalue weighted by atomic mass is 16.5. The zero-order valence-electron chi connectivity index (χ0n) is 14.3. The highest BCUT2D eigenvalue weighted by molar-refractivity contribution is 6.43. The van der Waals surface area contributed by atoms with Gasteiger partial charge in [0.15, 0.2) is 5.71 Å². The van der Waals surface area contributed by atoms with Gasteiger partial charge in [-0.1, -0.05) is 42.5 Å². The summed E-state index contributed by atoms with van der Waals surface area (Å²) in [4.78, 5) is 24.8. The number of anilines is 1. The van der Waals surface area contributed by atoms with Crippen molar-refractivity contribution < 1.29 is 19.1 Å². The van der Waals surface area contributed by atoms with Gasteiger partial charge in [-0.3, -0.25) is 5.43 Å². The minimum atomic E-state index is -0.499. The molecule has 6 nitrogen and oxygen atoms in total. The number of rotatable bonds is 1. The average molecular weight is 352 g/mol. The highest BCUT2D eigenvalue weighted by Crippen LogP contribution is 2.17. The number of hydrogen-bond acceptors (Lipinski definition) is 6. The standard InChI is InChI=1S/C20H20N2O4/c23-19-16-11-5-6-12-17(16)21-22-18(15-9-3-1-4-10-15)20(24)26-14-8-2-7-13-25-19/h1,3-6,9-12,21H,2,7-8,13-14H2/b22-18-. The van der Waals surface area contributed by atoms with E-state index in [0.717, 1.165) is 12.8 Å². The summed E-state index contributed by atoms with van der Waals surface area (Å²) in [5.74, 6) is -0.912. The quantitative estimate of drug-likeness (QED) is 0.796. The third kappa shape index (κ3) is 4.47. The molecule has 0 spiro atoms. The minimum Gasteiger partial charge on any atom is -0.462 e. The lowest BCUT2D eigenvalue weighted by molar-refractivity contribution is -0.135.